The normalized spacial score (nSPS) is 46.4. The van der Waals surface area contributed by atoms with Crippen molar-refractivity contribution in [1.82, 2.24) is 0 Å². The average Bonchev–Trinajstić information content (AvgIpc) is 2.15. The highest BCUT2D eigenvalue weighted by molar-refractivity contribution is 7.99. The molecule has 5 atom stereocenters. The zero-order valence-corrected chi connectivity index (χ0v) is 9.12. The van der Waals surface area contributed by atoms with E-state index in [0.717, 1.165) is 0 Å². The molecule has 1 aliphatic rings. The van der Waals surface area contributed by atoms with Gasteiger partial charge in [-0.25, -0.2) is 0 Å². The second-order valence-electron chi connectivity index (χ2n) is 3.67. The maximum absolute atomic E-state index is 9.73. The Morgan fingerprint density at radius 3 is 2.38 bits per heavy atom. The topological polar surface area (TPSA) is 49.7 Å². The lowest BCUT2D eigenvalue weighted by Crippen LogP contribution is -2.49. The van der Waals surface area contributed by atoms with Gasteiger partial charge >= 0.3 is 0 Å². The largest absolute Gasteiger partial charge is 0.394 e. The molecule has 0 aromatic heterocycles. The van der Waals surface area contributed by atoms with Crippen LogP contribution in [-0.4, -0.2) is 40.7 Å². The fourth-order valence-electron chi connectivity index (χ4n) is 1.70. The van der Waals surface area contributed by atoms with Crippen molar-refractivity contribution in [2.75, 3.05) is 12.9 Å². The molecule has 0 aromatic rings. The molecule has 1 saturated heterocycles. The molecular weight excluding hydrogens is 188 g/mol. The molecule has 1 fully saturated rings. The van der Waals surface area contributed by atoms with E-state index in [4.69, 9.17) is 9.84 Å². The molecule has 1 heterocycles. The smallest absolute Gasteiger partial charge is 0.108 e. The van der Waals surface area contributed by atoms with E-state index in [0.29, 0.717) is 5.92 Å². The quantitative estimate of drug-likeness (QED) is 0.698. The Kier molecular flexibility index (Phi) is 4.04. The lowest BCUT2D eigenvalue weighted by molar-refractivity contribution is -0.152. The predicted octanol–water partition coefficient (Wildman–Crippen LogP) is 0.700. The summed E-state index contributed by atoms with van der Waals surface area (Å²) in [6, 6.07) is 0. The highest BCUT2D eigenvalue weighted by atomic mass is 32.2. The second kappa shape index (κ2) is 4.64. The van der Waals surface area contributed by atoms with Crippen molar-refractivity contribution in [3.8, 4) is 0 Å². The van der Waals surface area contributed by atoms with Crippen molar-refractivity contribution in [2.24, 2.45) is 11.8 Å². The summed E-state index contributed by atoms with van der Waals surface area (Å²) < 4.78 is 5.54. The number of aliphatic hydroxyl groups is 2. The summed E-state index contributed by atoms with van der Waals surface area (Å²) in [6.45, 7) is 3.97. The van der Waals surface area contributed by atoms with Crippen LogP contribution in [0.5, 0.6) is 0 Å². The minimum atomic E-state index is -0.539. The fourth-order valence-corrected chi connectivity index (χ4v) is 2.63. The van der Waals surface area contributed by atoms with Crippen molar-refractivity contribution in [2.45, 2.75) is 31.5 Å². The predicted molar refractivity (Wildman–Crippen MR) is 53.6 cm³/mol. The van der Waals surface area contributed by atoms with Crippen LogP contribution in [0.4, 0.5) is 0 Å². The molecular formula is C9H18O3S. The molecule has 1 aliphatic heterocycles. The van der Waals surface area contributed by atoms with Crippen LogP contribution in [0.25, 0.3) is 0 Å². The van der Waals surface area contributed by atoms with Crippen molar-refractivity contribution < 1.29 is 14.9 Å². The molecule has 3 nitrogen and oxygen atoms in total. The molecule has 0 aromatic carbocycles. The van der Waals surface area contributed by atoms with Crippen LogP contribution in [0.1, 0.15) is 13.8 Å². The molecule has 0 spiro atoms. The summed E-state index contributed by atoms with van der Waals surface area (Å²) in [7, 11) is 0. The second-order valence-corrected chi connectivity index (χ2v) is 4.61. The zero-order valence-electron chi connectivity index (χ0n) is 8.30. The summed E-state index contributed by atoms with van der Waals surface area (Å²) in [6.07, 6.45) is 1.03. The van der Waals surface area contributed by atoms with Crippen molar-refractivity contribution in [3.63, 3.8) is 0 Å². The molecule has 0 amide bonds. The number of rotatable bonds is 2. The Morgan fingerprint density at radius 1 is 1.31 bits per heavy atom. The van der Waals surface area contributed by atoms with E-state index in [1.165, 1.54) is 0 Å². The maximum Gasteiger partial charge on any atom is 0.108 e. The Labute approximate surface area is 83.5 Å². The molecule has 13 heavy (non-hydrogen) atoms. The van der Waals surface area contributed by atoms with E-state index in [9.17, 15) is 5.11 Å². The Morgan fingerprint density at radius 2 is 1.92 bits per heavy atom. The average molecular weight is 206 g/mol. The molecule has 0 bridgehead atoms. The third-order valence-electron chi connectivity index (χ3n) is 2.90. The summed E-state index contributed by atoms with van der Waals surface area (Å²) in [4.78, 5) is 0. The Hall–Kier alpha value is 0.230. The highest BCUT2D eigenvalue weighted by Crippen LogP contribution is 2.34. The van der Waals surface area contributed by atoms with Crippen molar-refractivity contribution in [1.29, 1.82) is 0 Å². The van der Waals surface area contributed by atoms with Crippen LogP contribution < -0.4 is 0 Å². The Bertz CT molecular complexity index is 145. The van der Waals surface area contributed by atoms with E-state index in [-0.39, 0.29) is 18.0 Å². The summed E-state index contributed by atoms with van der Waals surface area (Å²) >= 11 is 1.63. The Balaban J connectivity index is 2.66. The van der Waals surface area contributed by atoms with Gasteiger partial charge in [0.05, 0.1) is 12.7 Å². The van der Waals surface area contributed by atoms with Crippen LogP contribution in [0.15, 0.2) is 0 Å². The monoisotopic (exact) mass is 206 g/mol. The van der Waals surface area contributed by atoms with Crippen molar-refractivity contribution >= 4 is 11.8 Å². The van der Waals surface area contributed by atoms with Crippen LogP contribution in [0.2, 0.25) is 0 Å². The van der Waals surface area contributed by atoms with Gasteiger partial charge in [-0.15, -0.1) is 11.8 Å². The molecule has 4 heteroatoms. The zero-order chi connectivity index (χ0) is 10.0. The number of hydrogen-bond donors (Lipinski definition) is 2. The standard InChI is InChI=1S/C9H18O3S/c1-5-6(2)9(13-3)12-7(4-10)8(5)11/h5-11H,4H2,1-3H3/t5-,6?,7?,8-,9+/m1/s1. The van der Waals surface area contributed by atoms with Crippen LogP contribution >= 0.6 is 11.8 Å². The van der Waals surface area contributed by atoms with Gasteiger partial charge in [0.15, 0.2) is 0 Å². The van der Waals surface area contributed by atoms with Gasteiger partial charge in [0.25, 0.3) is 0 Å². The van der Waals surface area contributed by atoms with E-state index in [1.54, 1.807) is 11.8 Å². The van der Waals surface area contributed by atoms with Gasteiger partial charge in [-0.2, -0.15) is 0 Å². The van der Waals surface area contributed by atoms with Gasteiger partial charge in [0, 0.05) is 0 Å². The number of thioether (sulfide) groups is 1. The van der Waals surface area contributed by atoms with Gasteiger partial charge in [0.2, 0.25) is 0 Å². The first-order chi connectivity index (χ1) is 6.11. The number of ether oxygens (including phenoxy) is 1. The van der Waals surface area contributed by atoms with Gasteiger partial charge in [0.1, 0.15) is 11.5 Å². The fraction of sp³-hybridized carbons (Fsp3) is 1.00. The van der Waals surface area contributed by atoms with E-state index >= 15 is 0 Å². The van der Waals surface area contributed by atoms with E-state index < -0.39 is 12.2 Å². The van der Waals surface area contributed by atoms with Gasteiger partial charge in [-0.3, -0.25) is 0 Å². The molecule has 1 rings (SSSR count). The summed E-state index contributed by atoms with van der Waals surface area (Å²) in [5.41, 5.74) is 0.0931. The first-order valence-corrected chi connectivity index (χ1v) is 5.87. The SMILES string of the molecule is CS[C@@H]1OC(CO)[C@H](O)[C@H](C)C1C. The number of hydrogen-bond acceptors (Lipinski definition) is 4. The maximum atomic E-state index is 9.73. The van der Waals surface area contributed by atoms with E-state index in [2.05, 4.69) is 6.92 Å². The van der Waals surface area contributed by atoms with Crippen LogP contribution in [0, 0.1) is 11.8 Å². The lowest BCUT2D eigenvalue weighted by atomic mass is 9.86. The lowest BCUT2D eigenvalue weighted by Gasteiger charge is -2.41. The minimum Gasteiger partial charge on any atom is -0.394 e. The molecule has 0 saturated carbocycles. The molecule has 2 N–H and O–H groups in total. The summed E-state index contributed by atoms with van der Waals surface area (Å²) in [5.74, 6) is 0.510. The van der Waals surface area contributed by atoms with Gasteiger partial charge in [-0.05, 0) is 18.1 Å². The van der Waals surface area contributed by atoms with Gasteiger partial charge < -0.3 is 14.9 Å². The van der Waals surface area contributed by atoms with Crippen LogP contribution in [0.3, 0.4) is 0 Å². The highest BCUT2D eigenvalue weighted by Gasteiger charge is 2.39. The van der Waals surface area contributed by atoms with Crippen molar-refractivity contribution in [3.05, 3.63) is 0 Å². The first-order valence-electron chi connectivity index (χ1n) is 4.59. The minimum absolute atomic E-state index is 0.0931. The van der Waals surface area contributed by atoms with Gasteiger partial charge in [-0.1, -0.05) is 13.8 Å². The third-order valence-corrected chi connectivity index (χ3v) is 3.90. The third kappa shape index (κ3) is 2.18. The molecule has 78 valence electrons. The van der Waals surface area contributed by atoms with Crippen LogP contribution in [-0.2, 0) is 4.74 Å². The number of aliphatic hydroxyl groups excluding tert-OH is 2. The summed E-state index contributed by atoms with van der Waals surface area (Å²) in [5, 5.41) is 18.7. The first kappa shape index (κ1) is 11.3. The molecule has 0 aliphatic carbocycles. The van der Waals surface area contributed by atoms with E-state index in [1.807, 2.05) is 13.2 Å². The molecule has 2 unspecified atom stereocenters. The molecule has 0 radical (unpaired) electrons.